The molecule has 4 rings (SSSR count). The van der Waals surface area contributed by atoms with Crippen LogP contribution in [-0.4, -0.2) is 48.1 Å². The molecule has 1 aliphatic rings. The van der Waals surface area contributed by atoms with Crippen LogP contribution >= 0.6 is 0 Å². The zero-order valence-corrected chi connectivity index (χ0v) is 20.0. The topological polar surface area (TPSA) is 62.2 Å². The number of halogens is 4. The lowest BCUT2D eigenvalue weighted by molar-refractivity contribution is -0.137. The van der Waals surface area contributed by atoms with Crippen molar-refractivity contribution < 1.29 is 31.9 Å². The van der Waals surface area contributed by atoms with Crippen molar-refractivity contribution in [1.29, 1.82) is 0 Å². The number of amides is 2. The summed E-state index contributed by atoms with van der Waals surface area (Å²) in [5.74, 6) is -1.15. The van der Waals surface area contributed by atoms with E-state index < -0.39 is 42.0 Å². The molecule has 0 unspecified atom stereocenters. The second-order valence-corrected chi connectivity index (χ2v) is 8.46. The number of benzene rings is 3. The molecule has 0 spiro atoms. The van der Waals surface area contributed by atoms with Gasteiger partial charge in [-0.3, -0.25) is 9.59 Å². The van der Waals surface area contributed by atoms with Crippen molar-refractivity contribution in [3.05, 3.63) is 101 Å². The lowest BCUT2D eigenvalue weighted by atomic mass is 9.97. The summed E-state index contributed by atoms with van der Waals surface area (Å²) in [6, 6.07) is 16.3. The molecule has 0 bridgehead atoms. The molecule has 1 atom stereocenters. The van der Waals surface area contributed by atoms with Gasteiger partial charge >= 0.3 is 6.18 Å². The molecule has 0 radical (unpaired) electrons. The molecule has 10 heteroatoms. The van der Waals surface area contributed by atoms with Crippen molar-refractivity contribution in [3.63, 3.8) is 0 Å². The fourth-order valence-corrected chi connectivity index (χ4v) is 4.15. The number of rotatable bonds is 6. The van der Waals surface area contributed by atoms with E-state index in [4.69, 9.17) is 4.74 Å². The van der Waals surface area contributed by atoms with Gasteiger partial charge in [0.1, 0.15) is 18.1 Å². The highest BCUT2D eigenvalue weighted by atomic mass is 19.4. The van der Waals surface area contributed by atoms with Gasteiger partial charge in [-0.15, -0.1) is 0 Å². The van der Waals surface area contributed by atoms with Gasteiger partial charge in [-0.25, -0.2) is 9.40 Å². The molecule has 37 heavy (non-hydrogen) atoms. The molecule has 192 valence electrons. The molecule has 1 heterocycles. The SMILES string of the molecule is COc1ccccc1[C@@H]1CC(c2ccccc2F)=NN1C(=O)CN(C)C(=O)c1ccc(C(F)(F)F)cc1. The van der Waals surface area contributed by atoms with Gasteiger partial charge < -0.3 is 9.64 Å². The van der Waals surface area contributed by atoms with Crippen LogP contribution in [0.1, 0.15) is 39.5 Å². The maximum Gasteiger partial charge on any atom is 0.416 e. The lowest BCUT2D eigenvalue weighted by Crippen LogP contribution is -2.39. The minimum atomic E-state index is -4.53. The average molecular weight is 513 g/mol. The first kappa shape index (κ1) is 25.9. The third kappa shape index (κ3) is 5.47. The number of hydrogen-bond acceptors (Lipinski definition) is 4. The number of nitrogens with zero attached hydrogens (tertiary/aromatic N) is 3. The van der Waals surface area contributed by atoms with E-state index in [9.17, 15) is 27.2 Å². The quantitative estimate of drug-likeness (QED) is 0.420. The van der Waals surface area contributed by atoms with Crippen LogP contribution in [-0.2, 0) is 11.0 Å². The number of carbonyl (C=O) groups is 2. The third-order valence-electron chi connectivity index (χ3n) is 6.03. The van der Waals surface area contributed by atoms with E-state index in [2.05, 4.69) is 5.10 Å². The van der Waals surface area contributed by atoms with Crippen LogP contribution in [0, 0.1) is 5.82 Å². The number of hydrazone groups is 1. The highest BCUT2D eigenvalue weighted by Crippen LogP contribution is 2.38. The van der Waals surface area contributed by atoms with E-state index in [0.717, 1.165) is 29.2 Å². The van der Waals surface area contributed by atoms with Gasteiger partial charge in [0.25, 0.3) is 11.8 Å². The van der Waals surface area contributed by atoms with Crippen molar-refractivity contribution in [2.75, 3.05) is 20.7 Å². The largest absolute Gasteiger partial charge is 0.496 e. The van der Waals surface area contributed by atoms with Crippen LogP contribution in [0.5, 0.6) is 5.75 Å². The molecule has 0 aromatic heterocycles. The lowest BCUT2D eigenvalue weighted by Gasteiger charge is -2.26. The van der Waals surface area contributed by atoms with Crippen molar-refractivity contribution in [3.8, 4) is 5.75 Å². The molecule has 1 aliphatic heterocycles. The maximum absolute atomic E-state index is 14.5. The Kier molecular flexibility index (Phi) is 7.28. The Bertz CT molecular complexity index is 1340. The number of likely N-dealkylation sites (N-methyl/N-ethyl adjacent to an activating group) is 1. The van der Waals surface area contributed by atoms with Gasteiger partial charge in [-0.05, 0) is 36.4 Å². The van der Waals surface area contributed by atoms with Crippen molar-refractivity contribution in [2.24, 2.45) is 5.10 Å². The van der Waals surface area contributed by atoms with Crippen LogP contribution < -0.4 is 4.74 Å². The number of ether oxygens (including phenoxy) is 1. The van der Waals surface area contributed by atoms with Crippen LogP contribution in [0.2, 0.25) is 0 Å². The fraction of sp³-hybridized carbons (Fsp3) is 0.222. The monoisotopic (exact) mass is 513 g/mol. The summed E-state index contributed by atoms with van der Waals surface area (Å²) in [7, 11) is 2.86. The first-order chi connectivity index (χ1) is 17.6. The van der Waals surface area contributed by atoms with E-state index in [-0.39, 0.29) is 17.5 Å². The summed E-state index contributed by atoms with van der Waals surface area (Å²) in [6.07, 6.45) is -4.32. The smallest absolute Gasteiger partial charge is 0.416 e. The average Bonchev–Trinajstić information content (AvgIpc) is 3.33. The summed E-state index contributed by atoms with van der Waals surface area (Å²) in [5.41, 5.74) is 0.396. The van der Waals surface area contributed by atoms with Crippen molar-refractivity contribution in [2.45, 2.75) is 18.6 Å². The Morgan fingerprint density at radius 1 is 1.03 bits per heavy atom. The normalized spacial score (nSPS) is 15.4. The first-order valence-electron chi connectivity index (χ1n) is 11.3. The summed E-state index contributed by atoms with van der Waals surface area (Å²) >= 11 is 0. The number of hydrogen-bond donors (Lipinski definition) is 0. The number of alkyl halides is 3. The fourth-order valence-electron chi connectivity index (χ4n) is 4.15. The molecule has 0 saturated heterocycles. The Balaban J connectivity index is 1.60. The minimum absolute atomic E-state index is 0.00143. The van der Waals surface area contributed by atoms with Gasteiger partial charge in [0.2, 0.25) is 0 Å². The van der Waals surface area contributed by atoms with Crippen LogP contribution in [0.25, 0.3) is 0 Å². The van der Waals surface area contributed by atoms with Crippen LogP contribution in [0.3, 0.4) is 0 Å². The number of carbonyl (C=O) groups excluding carboxylic acids is 2. The molecule has 6 nitrogen and oxygen atoms in total. The maximum atomic E-state index is 14.5. The molecular weight excluding hydrogens is 490 g/mol. The molecule has 2 amide bonds. The standard InChI is InChI=1S/C27H23F4N3O3/c1-33(26(36)17-11-13-18(14-12-17)27(29,30)31)16-25(35)34-23(20-8-4-6-10-24(20)37-2)15-22(32-34)19-7-3-5-9-21(19)28/h3-14,23H,15-16H2,1-2H3/t23-/m0/s1. The second-order valence-electron chi connectivity index (χ2n) is 8.46. The zero-order valence-electron chi connectivity index (χ0n) is 20.0. The Labute approximate surface area is 210 Å². The third-order valence-corrected chi connectivity index (χ3v) is 6.03. The van der Waals surface area contributed by atoms with Gasteiger partial charge in [-0.2, -0.15) is 18.3 Å². The Hall–Kier alpha value is -4.21. The zero-order chi connectivity index (χ0) is 26.7. The highest BCUT2D eigenvalue weighted by molar-refractivity contribution is 6.04. The Morgan fingerprint density at radius 3 is 2.32 bits per heavy atom. The van der Waals surface area contributed by atoms with Crippen molar-refractivity contribution >= 4 is 17.5 Å². The number of methoxy groups -OCH3 is 1. The molecule has 0 N–H and O–H groups in total. The minimum Gasteiger partial charge on any atom is -0.496 e. The van der Waals surface area contributed by atoms with Gasteiger partial charge in [0.05, 0.1) is 24.4 Å². The summed E-state index contributed by atoms with van der Waals surface area (Å²) in [6.45, 7) is -0.403. The van der Waals surface area contributed by atoms with E-state index in [1.165, 1.54) is 25.2 Å². The van der Waals surface area contributed by atoms with Gasteiger partial charge in [-0.1, -0.05) is 36.4 Å². The van der Waals surface area contributed by atoms with Gasteiger partial charge in [0.15, 0.2) is 0 Å². The predicted molar refractivity (Wildman–Crippen MR) is 129 cm³/mol. The molecule has 0 fully saturated rings. The summed E-state index contributed by atoms with van der Waals surface area (Å²) < 4.78 is 58.5. The number of para-hydroxylation sites is 1. The molecule has 0 aliphatic carbocycles. The Morgan fingerprint density at radius 2 is 1.68 bits per heavy atom. The second kappa shape index (κ2) is 10.4. The predicted octanol–water partition coefficient (Wildman–Crippen LogP) is 5.30. The summed E-state index contributed by atoms with van der Waals surface area (Å²) in [5, 5.41) is 5.62. The summed E-state index contributed by atoms with van der Waals surface area (Å²) in [4.78, 5) is 27.3. The highest BCUT2D eigenvalue weighted by Gasteiger charge is 2.36. The van der Waals surface area contributed by atoms with Crippen LogP contribution in [0.15, 0.2) is 77.9 Å². The van der Waals surface area contributed by atoms with E-state index in [1.54, 1.807) is 42.5 Å². The van der Waals surface area contributed by atoms with E-state index in [0.29, 0.717) is 17.0 Å². The first-order valence-corrected chi connectivity index (χ1v) is 11.3. The van der Waals surface area contributed by atoms with Gasteiger partial charge in [0, 0.05) is 30.2 Å². The van der Waals surface area contributed by atoms with Crippen molar-refractivity contribution in [1.82, 2.24) is 9.91 Å². The van der Waals surface area contributed by atoms with E-state index >= 15 is 0 Å². The molecule has 0 saturated carbocycles. The molecule has 3 aromatic rings. The molecule has 3 aromatic carbocycles. The van der Waals surface area contributed by atoms with E-state index in [1.807, 2.05) is 0 Å². The molecular formula is C27H23F4N3O3. The van der Waals surface area contributed by atoms with Crippen LogP contribution in [0.4, 0.5) is 17.6 Å².